The Labute approximate surface area is 345 Å². The molecule has 3 aromatic rings. The number of carbonyl (C=O) groups excluding carboxylic acids is 3. The number of alkyl halides is 3. The first-order chi connectivity index (χ1) is 26.9. The molecule has 3 heterocycles. The molecule has 3 atom stereocenters. The number of hydrogen-bond donors (Lipinski definition) is 2. The van der Waals surface area contributed by atoms with Crippen LogP contribution in [0.25, 0.3) is 0 Å². The summed E-state index contributed by atoms with van der Waals surface area (Å²) in [4.78, 5) is 52.2. The van der Waals surface area contributed by atoms with Crippen molar-refractivity contribution in [3.63, 3.8) is 0 Å². The fourth-order valence-electron chi connectivity index (χ4n) is 7.11. The van der Waals surface area contributed by atoms with Gasteiger partial charge in [-0.15, -0.1) is 24.0 Å². The maximum Gasteiger partial charge on any atom is 0.416 e. The molecule has 0 aliphatic carbocycles. The number of amides is 3. The average Bonchev–Trinajstić information content (AvgIpc) is 3.68. The van der Waals surface area contributed by atoms with E-state index in [4.69, 9.17) is 20.2 Å². The molecule has 3 N–H and O–H groups in total. The lowest BCUT2D eigenvalue weighted by Crippen LogP contribution is -2.59. The fraction of sp³-hybridized carbons (Fsp3) is 0.375. The van der Waals surface area contributed by atoms with Crippen LogP contribution in [0.4, 0.5) is 23.2 Å². The summed E-state index contributed by atoms with van der Waals surface area (Å²) in [6.07, 6.45) is -3.78. The van der Waals surface area contributed by atoms with Gasteiger partial charge in [0, 0.05) is 57.3 Å². The van der Waals surface area contributed by atoms with Crippen LogP contribution in [-0.4, -0.2) is 103 Å². The molecule has 6 rings (SSSR count). The van der Waals surface area contributed by atoms with E-state index in [9.17, 15) is 37.2 Å². The number of ether oxygens (including phenoxy) is 2. The van der Waals surface area contributed by atoms with E-state index in [-0.39, 0.29) is 66.7 Å². The summed E-state index contributed by atoms with van der Waals surface area (Å²) in [5.41, 5.74) is 5.56. The number of amidine groups is 1. The number of morpholine rings is 1. The lowest BCUT2D eigenvalue weighted by molar-refractivity contribution is -0.137. The third-order valence-electron chi connectivity index (χ3n) is 9.97. The van der Waals surface area contributed by atoms with E-state index in [1.54, 1.807) is 31.2 Å². The van der Waals surface area contributed by atoms with Gasteiger partial charge in [0.05, 0.1) is 30.5 Å². The van der Waals surface area contributed by atoms with Gasteiger partial charge in [0.1, 0.15) is 41.8 Å². The quantitative estimate of drug-likeness (QED) is 0.151. The Balaban J connectivity index is 0.00000372. The molecule has 3 amide bonds. The predicted molar refractivity (Wildman–Crippen MR) is 215 cm³/mol. The van der Waals surface area contributed by atoms with Crippen LogP contribution in [0, 0.1) is 17.1 Å². The van der Waals surface area contributed by atoms with Crippen LogP contribution < -0.4 is 15.8 Å². The predicted octanol–water partition coefficient (Wildman–Crippen LogP) is 5.62. The Bertz CT molecular complexity index is 2060. The van der Waals surface area contributed by atoms with Crippen molar-refractivity contribution in [2.24, 2.45) is 10.7 Å². The van der Waals surface area contributed by atoms with Gasteiger partial charge < -0.3 is 25.4 Å². The largest absolute Gasteiger partial charge is 0.492 e. The number of hydrogen-bond acceptors (Lipinski definition) is 9. The standard InChI is InChI=1S/C40H41F4N7O5.HI.H2/c1-2-50-36(47-29-8-4-10-31(23-29)56-21-18-49-16-19-55-20-17-49)33(34(46)38(53)51-15-5-9-30(51)24-45)32(25-11-13-28(41)14-12-25)35(39(50)54)48-37(52)26-6-3-7-27(22-26)40(42,43)44;;/h3-4,6-8,10-14,22-23,30,32,35H,2,5,9,15-21,46H2,1H3,(H,48,52);2*1H/b34-33-,47-36?;;/t30-,32-,35-;;/m0../s1. The molecular formula is C40H44F4IN7O5. The molecule has 0 bridgehead atoms. The van der Waals surface area contributed by atoms with E-state index >= 15 is 0 Å². The monoisotopic (exact) mass is 905 g/mol. The minimum Gasteiger partial charge on any atom is -0.492 e. The van der Waals surface area contributed by atoms with Crippen LogP contribution >= 0.6 is 24.0 Å². The number of piperidine rings is 1. The molecule has 12 nitrogen and oxygen atoms in total. The second-order valence-corrected chi connectivity index (χ2v) is 13.5. The molecule has 3 aliphatic rings. The van der Waals surface area contributed by atoms with Crippen molar-refractivity contribution < 1.29 is 42.8 Å². The molecule has 0 radical (unpaired) electrons. The molecule has 0 saturated carbocycles. The number of halogens is 5. The normalized spacial score (nSPS) is 21.8. The highest BCUT2D eigenvalue weighted by Crippen LogP contribution is 2.39. The number of aliphatic imine (C=N–C) groups is 1. The van der Waals surface area contributed by atoms with Crippen LogP contribution in [0.5, 0.6) is 5.75 Å². The molecule has 304 valence electrons. The number of likely N-dealkylation sites (tertiary alicyclic amines) is 2. The van der Waals surface area contributed by atoms with Crippen LogP contribution in [0.15, 0.2) is 89.1 Å². The summed E-state index contributed by atoms with van der Waals surface area (Å²) in [7, 11) is 0. The second-order valence-electron chi connectivity index (χ2n) is 13.5. The van der Waals surface area contributed by atoms with Gasteiger partial charge in [-0.2, -0.15) is 18.4 Å². The molecule has 3 fully saturated rings. The number of rotatable bonds is 10. The van der Waals surface area contributed by atoms with Gasteiger partial charge in [-0.1, -0.05) is 24.3 Å². The van der Waals surface area contributed by atoms with E-state index in [2.05, 4.69) is 16.3 Å². The van der Waals surface area contributed by atoms with Crippen LogP contribution in [0.1, 0.15) is 48.6 Å². The molecule has 0 aromatic heterocycles. The van der Waals surface area contributed by atoms with E-state index in [1.807, 2.05) is 0 Å². The Morgan fingerprint density at radius 3 is 2.47 bits per heavy atom. The number of nitrogens with one attached hydrogen (secondary N) is 1. The van der Waals surface area contributed by atoms with Crippen LogP contribution in [0.3, 0.4) is 0 Å². The molecule has 17 heteroatoms. The summed E-state index contributed by atoms with van der Waals surface area (Å²) < 4.78 is 66.7. The molecule has 3 aliphatic heterocycles. The SMILES string of the molecule is CCN1C(=O)[C@@H](NC(=O)c2cccc(C(F)(F)F)c2)[C@@H](c2ccc(F)cc2)/C(=C(/N)C(=O)N2CCC[C@H]2C#N)C1=Nc1cccc(OCCN2CCOCC2)c1.I.[HH]. The highest BCUT2D eigenvalue weighted by Gasteiger charge is 2.47. The zero-order chi connectivity index (χ0) is 40.0. The topological polar surface area (TPSA) is 154 Å². The fourth-order valence-corrected chi connectivity index (χ4v) is 7.11. The van der Waals surface area contributed by atoms with Gasteiger partial charge >= 0.3 is 6.18 Å². The first-order valence-electron chi connectivity index (χ1n) is 18.3. The molecule has 57 heavy (non-hydrogen) atoms. The summed E-state index contributed by atoms with van der Waals surface area (Å²) in [6.45, 7) is 5.75. The van der Waals surface area contributed by atoms with Crippen molar-refractivity contribution in [1.29, 1.82) is 5.26 Å². The minimum atomic E-state index is -4.75. The Hall–Kier alpha value is -5.06. The molecule has 3 saturated heterocycles. The minimum absolute atomic E-state index is 0. The van der Waals surface area contributed by atoms with Gasteiger partial charge in [-0.05, 0) is 67.8 Å². The molecule has 0 unspecified atom stereocenters. The Morgan fingerprint density at radius 1 is 1.07 bits per heavy atom. The van der Waals surface area contributed by atoms with Crippen molar-refractivity contribution in [3.8, 4) is 11.8 Å². The van der Waals surface area contributed by atoms with Crippen molar-refractivity contribution in [2.45, 2.75) is 43.9 Å². The summed E-state index contributed by atoms with van der Waals surface area (Å²) in [5, 5.41) is 12.4. The highest BCUT2D eigenvalue weighted by atomic mass is 127. The number of benzene rings is 3. The van der Waals surface area contributed by atoms with Gasteiger partial charge in [0.2, 0.25) is 0 Å². The molecule has 0 spiro atoms. The zero-order valence-corrected chi connectivity index (χ0v) is 33.3. The van der Waals surface area contributed by atoms with Gasteiger partial charge in [0.25, 0.3) is 17.7 Å². The maximum atomic E-state index is 14.6. The number of nitrogens with zero attached hydrogens (tertiary/aromatic N) is 5. The van der Waals surface area contributed by atoms with Gasteiger partial charge in [-0.25, -0.2) is 9.38 Å². The van der Waals surface area contributed by atoms with E-state index < -0.39 is 53.3 Å². The average molecular weight is 906 g/mol. The molecule has 3 aromatic carbocycles. The van der Waals surface area contributed by atoms with Crippen molar-refractivity contribution in [1.82, 2.24) is 20.0 Å². The zero-order valence-electron chi connectivity index (χ0n) is 31.0. The van der Waals surface area contributed by atoms with E-state index in [0.717, 1.165) is 37.4 Å². The van der Waals surface area contributed by atoms with Crippen LogP contribution in [0.2, 0.25) is 0 Å². The maximum absolute atomic E-state index is 14.6. The van der Waals surface area contributed by atoms with Crippen molar-refractivity contribution >= 4 is 53.2 Å². The summed E-state index contributed by atoms with van der Waals surface area (Å²) in [5.74, 6) is -3.89. The van der Waals surface area contributed by atoms with Crippen molar-refractivity contribution in [3.05, 3.63) is 107 Å². The Morgan fingerprint density at radius 2 is 1.79 bits per heavy atom. The first kappa shape index (κ1) is 43.1. The number of likely N-dealkylation sites (N-methyl/N-ethyl adjacent to an activating group) is 1. The van der Waals surface area contributed by atoms with Crippen LogP contribution in [-0.2, 0) is 20.5 Å². The highest BCUT2D eigenvalue weighted by molar-refractivity contribution is 14.0. The third-order valence-corrected chi connectivity index (χ3v) is 9.97. The first-order valence-corrected chi connectivity index (χ1v) is 18.3. The number of carbonyl (C=O) groups is 3. The lowest BCUT2D eigenvalue weighted by Gasteiger charge is -2.41. The summed E-state index contributed by atoms with van der Waals surface area (Å²) in [6, 6.07) is 15.3. The van der Waals surface area contributed by atoms with Gasteiger partial charge in [-0.3, -0.25) is 24.2 Å². The second kappa shape index (κ2) is 18.9. The smallest absolute Gasteiger partial charge is 0.416 e. The van der Waals surface area contributed by atoms with E-state index in [0.29, 0.717) is 56.7 Å². The Kier molecular flexibility index (Phi) is 14.3. The van der Waals surface area contributed by atoms with Gasteiger partial charge in [0.15, 0.2) is 0 Å². The number of nitriles is 1. The van der Waals surface area contributed by atoms with E-state index in [1.165, 1.54) is 28.0 Å². The van der Waals surface area contributed by atoms with Crippen molar-refractivity contribution in [2.75, 3.05) is 52.5 Å². The summed E-state index contributed by atoms with van der Waals surface area (Å²) >= 11 is 0. The number of nitrogens with two attached hydrogens (primary N) is 1. The lowest BCUT2D eigenvalue weighted by atomic mass is 9.78. The molecular weight excluding hydrogens is 861 g/mol. The third kappa shape index (κ3) is 9.91.